The van der Waals surface area contributed by atoms with Gasteiger partial charge in [-0.2, -0.15) is 5.10 Å². The molecule has 0 saturated carbocycles. The number of para-hydroxylation sites is 1. The molecule has 1 unspecified atom stereocenters. The van der Waals surface area contributed by atoms with Gasteiger partial charge in [-0.15, -0.1) is 0 Å². The van der Waals surface area contributed by atoms with Gasteiger partial charge in [-0.05, 0) is 43.2 Å². The van der Waals surface area contributed by atoms with Gasteiger partial charge in [0.15, 0.2) is 0 Å². The number of aromatic nitrogens is 3. The Morgan fingerprint density at radius 2 is 1.81 bits per heavy atom. The Hall–Kier alpha value is -4.18. The monoisotopic (exact) mass is 582 g/mol. The highest BCUT2D eigenvalue weighted by molar-refractivity contribution is 6.03. The van der Waals surface area contributed by atoms with Crippen LogP contribution in [0.15, 0.2) is 60.7 Å². The standard InChI is InChI=1S/C34H38N4O5/c1-22-30(33(36-37(22)2)28(39)15-16-38-17-20-42-21-18-38)27-12-6-11-25-26(32(34(40)41)35-31(25)27)13-7-19-43-29-14-5-9-23-8-3-4-10-24(23)29/h3-6,8-12,14,28,35,39H,7,13,15-21H2,1-2H3,(H,40,41). The van der Waals surface area contributed by atoms with Crippen molar-refractivity contribution >= 4 is 27.6 Å². The first-order valence-corrected chi connectivity index (χ1v) is 14.9. The topological polar surface area (TPSA) is 113 Å². The summed E-state index contributed by atoms with van der Waals surface area (Å²) in [7, 11) is 1.87. The normalized spacial score (nSPS) is 14.9. The third-order valence-corrected chi connectivity index (χ3v) is 8.50. The van der Waals surface area contributed by atoms with Gasteiger partial charge in [-0.25, -0.2) is 4.79 Å². The van der Waals surface area contributed by atoms with Crippen LogP contribution in [0.2, 0.25) is 0 Å². The lowest BCUT2D eigenvalue weighted by atomic mass is 9.96. The summed E-state index contributed by atoms with van der Waals surface area (Å²) >= 11 is 0. The van der Waals surface area contributed by atoms with Crippen LogP contribution in [0.25, 0.3) is 32.8 Å². The summed E-state index contributed by atoms with van der Waals surface area (Å²) in [4.78, 5) is 17.9. The number of hydrogen-bond acceptors (Lipinski definition) is 6. The van der Waals surface area contributed by atoms with Crippen molar-refractivity contribution in [3.05, 3.63) is 83.3 Å². The number of aromatic amines is 1. The number of morpholine rings is 1. The second-order valence-electron chi connectivity index (χ2n) is 11.2. The Bertz CT molecular complexity index is 1750. The van der Waals surface area contributed by atoms with Crippen LogP contribution in [0.4, 0.5) is 0 Å². The molecule has 0 radical (unpaired) electrons. The third kappa shape index (κ3) is 5.88. The fourth-order valence-electron chi connectivity index (χ4n) is 6.14. The van der Waals surface area contributed by atoms with Gasteiger partial charge in [0, 0.05) is 54.3 Å². The van der Waals surface area contributed by atoms with Crippen LogP contribution in [0.1, 0.15) is 46.4 Å². The maximum atomic E-state index is 12.4. The van der Waals surface area contributed by atoms with E-state index in [0.29, 0.717) is 44.8 Å². The van der Waals surface area contributed by atoms with E-state index in [-0.39, 0.29) is 5.69 Å². The lowest BCUT2D eigenvalue weighted by Crippen LogP contribution is -2.37. The van der Waals surface area contributed by atoms with Crippen molar-refractivity contribution in [1.82, 2.24) is 19.7 Å². The number of carbonyl (C=O) groups is 1. The molecule has 1 aliphatic rings. The number of aryl methyl sites for hydroxylation is 2. The van der Waals surface area contributed by atoms with Gasteiger partial charge in [-0.1, -0.05) is 54.6 Å². The number of carboxylic acids is 1. The van der Waals surface area contributed by atoms with Crippen LogP contribution in [-0.2, 0) is 18.2 Å². The summed E-state index contributed by atoms with van der Waals surface area (Å²) in [5.74, 6) is -0.176. The average molecular weight is 583 g/mol. The van der Waals surface area contributed by atoms with Gasteiger partial charge < -0.3 is 24.7 Å². The zero-order valence-electron chi connectivity index (χ0n) is 24.7. The van der Waals surface area contributed by atoms with Crippen LogP contribution in [0.5, 0.6) is 5.75 Å². The number of benzene rings is 3. The SMILES string of the molecule is Cc1c(-c2cccc3c(CCCOc4cccc5ccccc45)c(C(=O)O)[nH]c23)c(C(O)CCN2CCOCC2)nn1C. The first-order valence-electron chi connectivity index (χ1n) is 14.9. The molecular weight excluding hydrogens is 544 g/mol. The minimum Gasteiger partial charge on any atom is -0.493 e. The summed E-state index contributed by atoms with van der Waals surface area (Å²) in [5, 5.41) is 29.2. The Morgan fingerprint density at radius 1 is 1.07 bits per heavy atom. The third-order valence-electron chi connectivity index (χ3n) is 8.50. The molecule has 0 amide bonds. The number of aliphatic hydroxyl groups is 1. The second kappa shape index (κ2) is 12.6. The number of aromatic carboxylic acids is 1. The van der Waals surface area contributed by atoms with Gasteiger partial charge in [-0.3, -0.25) is 9.58 Å². The summed E-state index contributed by atoms with van der Waals surface area (Å²) in [6.07, 6.45) is 0.981. The number of H-pyrrole nitrogens is 1. The van der Waals surface area contributed by atoms with E-state index in [0.717, 1.165) is 69.4 Å². The number of fused-ring (bicyclic) bond motifs is 2. The summed E-state index contributed by atoms with van der Waals surface area (Å²) < 4.78 is 13.4. The summed E-state index contributed by atoms with van der Waals surface area (Å²) in [6, 6.07) is 20.0. The molecule has 2 aromatic heterocycles. The van der Waals surface area contributed by atoms with Crippen LogP contribution < -0.4 is 4.74 Å². The average Bonchev–Trinajstić information content (AvgIpc) is 3.55. The minimum absolute atomic E-state index is 0.184. The van der Waals surface area contributed by atoms with Crippen molar-refractivity contribution < 1.29 is 24.5 Å². The molecule has 0 spiro atoms. The maximum absolute atomic E-state index is 12.4. The van der Waals surface area contributed by atoms with Gasteiger partial charge in [0.1, 0.15) is 11.4 Å². The molecule has 3 N–H and O–H groups in total. The molecule has 1 fully saturated rings. The summed E-state index contributed by atoms with van der Waals surface area (Å²) in [5.41, 5.74) is 4.87. The van der Waals surface area contributed by atoms with Crippen LogP contribution in [-0.4, -0.2) is 75.3 Å². The zero-order chi connectivity index (χ0) is 29.9. The fraction of sp³-hybridized carbons (Fsp3) is 0.353. The number of nitrogens with zero attached hydrogens (tertiary/aromatic N) is 3. The highest BCUT2D eigenvalue weighted by Gasteiger charge is 2.26. The van der Waals surface area contributed by atoms with Gasteiger partial charge in [0.05, 0.1) is 37.1 Å². The molecule has 0 aliphatic carbocycles. The van der Waals surface area contributed by atoms with Crippen molar-refractivity contribution in [2.24, 2.45) is 7.05 Å². The Kier molecular flexibility index (Phi) is 8.47. The van der Waals surface area contributed by atoms with Crippen molar-refractivity contribution in [3.8, 4) is 16.9 Å². The minimum atomic E-state index is -0.999. The molecular formula is C34H38N4O5. The number of nitrogens with one attached hydrogen (secondary N) is 1. The van der Waals surface area contributed by atoms with E-state index in [1.807, 2.05) is 62.5 Å². The van der Waals surface area contributed by atoms with Gasteiger partial charge in [0.25, 0.3) is 0 Å². The maximum Gasteiger partial charge on any atom is 0.352 e. The van der Waals surface area contributed by atoms with Crippen LogP contribution in [0, 0.1) is 6.92 Å². The molecule has 43 heavy (non-hydrogen) atoms. The quantitative estimate of drug-likeness (QED) is 0.176. The molecule has 9 heteroatoms. The number of rotatable bonds is 11. The molecule has 3 aromatic carbocycles. The molecule has 224 valence electrons. The highest BCUT2D eigenvalue weighted by atomic mass is 16.5. The van der Waals surface area contributed by atoms with Crippen molar-refractivity contribution in [1.29, 1.82) is 0 Å². The van der Waals surface area contributed by atoms with Crippen molar-refractivity contribution in [2.45, 2.75) is 32.3 Å². The highest BCUT2D eigenvalue weighted by Crippen LogP contribution is 2.38. The Labute approximate surface area is 250 Å². The number of ether oxygens (including phenoxy) is 2. The lowest BCUT2D eigenvalue weighted by molar-refractivity contribution is 0.0297. The number of carboxylic acid groups (broad SMARTS) is 1. The molecule has 1 atom stereocenters. The van der Waals surface area contributed by atoms with Crippen molar-refractivity contribution in [3.63, 3.8) is 0 Å². The Balaban J connectivity index is 1.26. The van der Waals surface area contributed by atoms with E-state index in [1.54, 1.807) is 4.68 Å². The lowest BCUT2D eigenvalue weighted by Gasteiger charge is -2.27. The molecule has 1 saturated heterocycles. The number of hydrogen-bond donors (Lipinski definition) is 3. The molecule has 3 heterocycles. The first-order chi connectivity index (χ1) is 20.9. The van der Waals surface area contributed by atoms with E-state index in [4.69, 9.17) is 14.6 Å². The first kappa shape index (κ1) is 28.9. The smallest absolute Gasteiger partial charge is 0.352 e. The predicted octanol–water partition coefficient (Wildman–Crippen LogP) is 5.50. The molecule has 6 rings (SSSR count). The van der Waals surface area contributed by atoms with Gasteiger partial charge in [0.2, 0.25) is 0 Å². The van der Waals surface area contributed by atoms with E-state index >= 15 is 0 Å². The van der Waals surface area contributed by atoms with Crippen LogP contribution >= 0.6 is 0 Å². The molecule has 1 aliphatic heterocycles. The van der Waals surface area contributed by atoms with Crippen LogP contribution in [0.3, 0.4) is 0 Å². The fourth-order valence-corrected chi connectivity index (χ4v) is 6.14. The second-order valence-corrected chi connectivity index (χ2v) is 11.2. The van der Waals surface area contributed by atoms with E-state index in [1.165, 1.54) is 0 Å². The molecule has 0 bridgehead atoms. The number of aliphatic hydroxyl groups excluding tert-OH is 1. The van der Waals surface area contributed by atoms with Gasteiger partial charge >= 0.3 is 5.97 Å². The Morgan fingerprint density at radius 3 is 2.63 bits per heavy atom. The molecule has 9 nitrogen and oxygen atoms in total. The van der Waals surface area contributed by atoms with E-state index in [9.17, 15) is 15.0 Å². The molecule has 5 aromatic rings. The van der Waals surface area contributed by atoms with E-state index < -0.39 is 12.1 Å². The largest absolute Gasteiger partial charge is 0.493 e. The van der Waals surface area contributed by atoms with Crippen molar-refractivity contribution in [2.75, 3.05) is 39.5 Å². The predicted molar refractivity (Wildman–Crippen MR) is 167 cm³/mol. The van der Waals surface area contributed by atoms with E-state index in [2.05, 4.69) is 22.0 Å². The zero-order valence-corrected chi connectivity index (χ0v) is 24.7. The summed E-state index contributed by atoms with van der Waals surface area (Å²) in [6.45, 7) is 6.32.